The molecule has 1 saturated carbocycles. The van der Waals surface area contributed by atoms with Gasteiger partial charge in [0.1, 0.15) is 0 Å². The lowest BCUT2D eigenvalue weighted by atomic mass is 9.92. The molecular formula is C12H21N3S. The molecule has 0 bridgehead atoms. The fourth-order valence-corrected chi connectivity index (χ4v) is 3.16. The Morgan fingerprint density at radius 1 is 1.50 bits per heavy atom. The zero-order valence-corrected chi connectivity index (χ0v) is 11.2. The van der Waals surface area contributed by atoms with E-state index < -0.39 is 0 Å². The van der Waals surface area contributed by atoms with Crippen LogP contribution in [-0.2, 0) is 6.54 Å². The van der Waals surface area contributed by atoms with E-state index in [4.69, 9.17) is 10.7 Å². The van der Waals surface area contributed by atoms with Crippen LogP contribution in [0.15, 0.2) is 0 Å². The Balaban J connectivity index is 2.20. The van der Waals surface area contributed by atoms with Crippen LogP contribution < -0.4 is 10.6 Å². The van der Waals surface area contributed by atoms with Crippen molar-refractivity contribution in [3.05, 3.63) is 10.6 Å². The van der Waals surface area contributed by atoms with Gasteiger partial charge in [-0.05, 0) is 25.2 Å². The minimum absolute atomic E-state index is 0.471. The molecule has 1 aromatic rings. The number of nitrogens with two attached hydrogens (primary N) is 1. The first kappa shape index (κ1) is 11.9. The number of aromatic nitrogens is 1. The van der Waals surface area contributed by atoms with Crippen LogP contribution in [0.25, 0.3) is 0 Å². The molecule has 16 heavy (non-hydrogen) atoms. The molecule has 1 aliphatic carbocycles. The molecular weight excluding hydrogens is 218 g/mol. The first-order valence-corrected chi connectivity index (χ1v) is 6.87. The van der Waals surface area contributed by atoms with Gasteiger partial charge in [-0.1, -0.05) is 13.8 Å². The van der Waals surface area contributed by atoms with Gasteiger partial charge in [0.25, 0.3) is 0 Å². The molecule has 0 aliphatic heterocycles. The molecule has 90 valence electrons. The van der Waals surface area contributed by atoms with E-state index in [2.05, 4.69) is 25.8 Å². The van der Waals surface area contributed by atoms with Crippen LogP contribution in [-0.4, -0.2) is 18.1 Å². The minimum atomic E-state index is 0.471. The van der Waals surface area contributed by atoms with Crippen molar-refractivity contribution in [1.82, 2.24) is 4.98 Å². The van der Waals surface area contributed by atoms with Gasteiger partial charge >= 0.3 is 0 Å². The highest BCUT2D eigenvalue weighted by Crippen LogP contribution is 2.34. The Morgan fingerprint density at radius 3 is 2.56 bits per heavy atom. The summed E-state index contributed by atoms with van der Waals surface area (Å²) in [6.07, 6.45) is 3.98. The van der Waals surface area contributed by atoms with Gasteiger partial charge in [-0.15, -0.1) is 11.3 Å². The van der Waals surface area contributed by atoms with E-state index >= 15 is 0 Å². The highest BCUT2D eigenvalue weighted by atomic mass is 32.1. The number of hydrogen-bond donors (Lipinski definition) is 1. The molecule has 0 aromatic carbocycles. The monoisotopic (exact) mass is 239 g/mol. The van der Waals surface area contributed by atoms with Crippen LogP contribution in [0, 0.1) is 0 Å². The molecule has 1 aliphatic rings. The Bertz CT molecular complexity index is 355. The second kappa shape index (κ2) is 4.72. The Kier molecular flexibility index (Phi) is 3.50. The molecule has 1 aromatic heterocycles. The summed E-state index contributed by atoms with van der Waals surface area (Å²) in [5.74, 6) is 0.471. The predicted octanol–water partition coefficient (Wildman–Crippen LogP) is 2.71. The molecule has 1 heterocycles. The van der Waals surface area contributed by atoms with Gasteiger partial charge in [0.15, 0.2) is 5.13 Å². The van der Waals surface area contributed by atoms with Crippen LogP contribution in [0.4, 0.5) is 5.13 Å². The predicted molar refractivity (Wildman–Crippen MR) is 70.1 cm³/mol. The number of nitrogens with zero attached hydrogens (tertiary/aromatic N) is 2. The van der Waals surface area contributed by atoms with Gasteiger partial charge in [-0.3, -0.25) is 0 Å². The SMILES string of the molecule is CC(C)c1nc(N(C)C2CCC2)sc1CN. The van der Waals surface area contributed by atoms with Crippen LogP contribution in [0.3, 0.4) is 0 Å². The number of anilines is 1. The zero-order chi connectivity index (χ0) is 11.7. The first-order valence-electron chi connectivity index (χ1n) is 6.06. The van der Waals surface area contributed by atoms with Crippen molar-refractivity contribution in [2.75, 3.05) is 11.9 Å². The average Bonchev–Trinajstić information content (AvgIpc) is 2.58. The number of hydrogen-bond acceptors (Lipinski definition) is 4. The third-order valence-corrected chi connectivity index (χ3v) is 4.56. The van der Waals surface area contributed by atoms with Crippen molar-refractivity contribution in [2.24, 2.45) is 5.73 Å². The molecule has 0 atom stereocenters. The maximum absolute atomic E-state index is 5.78. The first-order chi connectivity index (χ1) is 7.63. The average molecular weight is 239 g/mol. The largest absolute Gasteiger partial charge is 0.348 e. The van der Waals surface area contributed by atoms with Crippen LogP contribution in [0.5, 0.6) is 0 Å². The summed E-state index contributed by atoms with van der Waals surface area (Å²) >= 11 is 1.76. The molecule has 0 saturated heterocycles. The van der Waals surface area contributed by atoms with Crippen molar-refractivity contribution in [3.63, 3.8) is 0 Å². The maximum atomic E-state index is 5.78. The van der Waals surface area contributed by atoms with Crippen molar-refractivity contribution < 1.29 is 0 Å². The summed E-state index contributed by atoms with van der Waals surface area (Å²) in [5, 5.41) is 1.15. The Labute approximate surface area is 102 Å². The van der Waals surface area contributed by atoms with Crippen molar-refractivity contribution in [3.8, 4) is 0 Å². The van der Waals surface area contributed by atoms with E-state index in [9.17, 15) is 0 Å². The molecule has 0 unspecified atom stereocenters. The van der Waals surface area contributed by atoms with Crippen molar-refractivity contribution in [1.29, 1.82) is 0 Å². The number of rotatable bonds is 4. The molecule has 2 N–H and O–H groups in total. The van der Waals surface area contributed by atoms with E-state index in [1.807, 2.05) is 0 Å². The zero-order valence-electron chi connectivity index (χ0n) is 10.4. The van der Waals surface area contributed by atoms with E-state index in [1.165, 1.54) is 29.8 Å². The summed E-state index contributed by atoms with van der Waals surface area (Å²) in [5.41, 5.74) is 6.96. The lowest BCUT2D eigenvalue weighted by Crippen LogP contribution is -2.37. The fourth-order valence-electron chi connectivity index (χ4n) is 2.03. The molecule has 2 rings (SSSR count). The lowest BCUT2D eigenvalue weighted by molar-refractivity contribution is 0.400. The second-order valence-corrected chi connectivity index (χ2v) is 5.92. The maximum Gasteiger partial charge on any atom is 0.185 e. The molecule has 1 fully saturated rings. The van der Waals surface area contributed by atoms with Gasteiger partial charge in [0, 0.05) is 24.5 Å². The van der Waals surface area contributed by atoms with E-state index in [0.717, 1.165) is 5.13 Å². The van der Waals surface area contributed by atoms with Crippen LogP contribution in [0.1, 0.15) is 49.6 Å². The van der Waals surface area contributed by atoms with E-state index in [0.29, 0.717) is 18.5 Å². The molecule has 4 heteroatoms. The minimum Gasteiger partial charge on any atom is -0.348 e. The summed E-state index contributed by atoms with van der Waals surface area (Å²) in [6.45, 7) is 4.98. The Hall–Kier alpha value is -0.610. The quantitative estimate of drug-likeness (QED) is 0.878. The summed E-state index contributed by atoms with van der Waals surface area (Å²) in [4.78, 5) is 8.33. The standard InChI is InChI=1S/C12H21N3S/c1-8(2)11-10(7-13)16-12(14-11)15(3)9-5-4-6-9/h8-9H,4-7,13H2,1-3H3. The van der Waals surface area contributed by atoms with Gasteiger partial charge < -0.3 is 10.6 Å². The Morgan fingerprint density at radius 2 is 2.19 bits per heavy atom. The van der Waals surface area contributed by atoms with Gasteiger partial charge in [0.05, 0.1) is 5.69 Å². The summed E-state index contributed by atoms with van der Waals surface area (Å²) in [7, 11) is 2.16. The molecule has 0 radical (unpaired) electrons. The van der Waals surface area contributed by atoms with Gasteiger partial charge in [-0.2, -0.15) is 0 Å². The smallest absolute Gasteiger partial charge is 0.185 e. The molecule has 0 amide bonds. The van der Waals surface area contributed by atoms with Gasteiger partial charge in [0.2, 0.25) is 0 Å². The van der Waals surface area contributed by atoms with Crippen molar-refractivity contribution >= 4 is 16.5 Å². The summed E-state index contributed by atoms with van der Waals surface area (Å²) < 4.78 is 0. The van der Waals surface area contributed by atoms with Crippen molar-refractivity contribution in [2.45, 2.75) is 51.6 Å². The third-order valence-electron chi connectivity index (χ3n) is 3.37. The highest BCUT2D eigenvalue weighted by Gasteiger charge is 2.25. The highest BCUT2D eigenvalue weighted by molar-refractivity contribution is 7.15. The topological polar surface area (TPSA) is 42.2 Å². The molecule has 0 spiro atoms. The number of thiazole rings is 1. The van der Waals surface area contributed by atoms with E-state index in [-0.39, 0.29) is 0 Å². The molecule has 3 nitrogen and oxygen atoms in total. The fraction of sp³-hybridized carbons (Fsp3) is 0.750. The normalized spacial score (nSPS) is 16.6. The van der Waals surface area contributed by atoms with E-state index in [1.54, 1.807) is 11.3 Å². The summed E-state index contributed by atoms with van der Waals surface area (Å²) in [6, 6.07) is 0.705. The van der Waals surface area contributed by atoms with Crippen LogP contribution in [0.2, 0.25) is 0 Å². The lowest BCUT2D eigenvalue weighted by Gasteiger charge is -2.34. The van der Waals surface area contributed by atoms with Gasteiger partial charge in [-0.25, -0.2) is 4.98 Å². The van der Waals surface area contributed by atoms with Crippen LogP contribution >= 0.6 is 11.3 Å². The third kappa shape index (κ3) is 2.09. The second-order valence-electron chi connectivity index (χ2n) is 4.86.